The van der Waals surface area contributed by atoms with Crippen LogP contribution in [0.2, 0.25) is 0 Å². The van der Waals surface area contributed by atoms with Crippen LogP contribution in [0.15, 0.2) is 12.4 Å². The maximum atomic E-state index is 11.4. The average Bonchev–Trinajstić information content (AvgIpc) is 2.38. The highest BCUT2D eigenvalue weighted by atomic mass is 16.5. The number of carbonyl (C=O) groups is 1. The zero-order valence-corrected chi connectivity index (χ0v) is 11.5. The van der Waals surface area contributed by atoms with Gasteiger partial charge in [-0.1, -0.05) is 20.3 Å². The van der Waals surface area contributed by atoms with Gasteiger partial charge in [0.1, 0.15) is 12.1 Å². The molecule has 1 heterocycles. The molecule has 100 valence electrons. The summed E-state index contributed by atoms with van der Waals surface area (Å²) in [6.45, 7) is 4.54. The first-order valence-corrected chi connectivity index (χ1v) is 6.18. The van der Waals surface area contributed by atoms with Crippen LogP contribution in [0.25, 0.3) is 0 Å². The van der Waals surface area contributed by atoms with E-state index in [1.54, 1.807) is 6.33 Å². The standard InChI is InChI=1S/C13H21N3O2/c1-5-6-11-7-12(15-9-14-11)16(3)8-10(2)13(17)18-4/h7,9-10H,5-6,8H2,1-4H3. The first-order valence-electron chi connectivity index (χ1n) is 6.18. The molecule has 0 aliphatic heterocycles. The SMILES string of the molecule is CCCc1cc(N(C)CC(C)C(=O)OC)ncn1. The predicted octanol–water partition coefficient (Wildman–Crippen LogP) is 1.67. The summed E-state index contributed by atoms with van der Waals surface area (Å²) < 4.78 is 4.71. The molecule has 0 saturated heterocycles. The lowest BCUT2D eigenvalue weighted by atomic mass is 10.1. The van der Waals surface area contributed by atoms with E-state index in [-0.39, 0.29) is 11.9 Å². The summed E-state index contributed by atoms with van der Waals surface area (Å²) in [7, 11) is 3.32. The number of carbonyl (C=O) groups excluding carboxylic acids is 1. The van der Waals surface area contributed by atoms with Crippen LogP contribution in [0.1, 0.15) is 26.0 Å². The van der Waals surface area contributed by atoms with Gasteiger partial charge in [0.2, 0.25) is 0 Å². The molecule has 18 heavy (non-hydrogen) atoms. The Balaban J connectivity index is 2.68. The van der Waals surface area contributed by atoms with Gasteiger partial charge in [-0.25, -0.2) is 9.97 Å². The third-order valence-corrected chi connectivity index (χ3v) is 2.76. The quantitative estimate of drug-likeness (QED) is 0.720. The van der Waals surface area contributed by atoms with E-state index in [0.29, 0.717) is 6.54 Å². The number of hydrogen-bond acceptors (Lipinski definition) is 5. The van der Waals surface area contributed by atoms with Crippen molar-refractivity contribution in [2.24, 2.45) is 5.92 Å². The molecule has 1 atom stereocenters. The largest absolute Gasteiger partial charge is 0.469 e. The molecule has 1 rings (SSSR count). The second-order valence-corrected chi connectivity index (χ2v) is 4.42. The van der Waals surface area contributed by atoms with E-state index in [2.05, 4.69) is 16.9 Å². The smallest absolute Gasteiger partial charge is 0.310 e. The van der Waals surface area contributed by atoms with Crippen molar-refractivity contribution in [2.75, 3.05) is 25.6 Å². The number of aryl methyl sites for hydroxylation is 1. The van der Waals surface area contributed by atoms with Crippen LogP contribution >= 0.6 is 0 Å². The van der Waals surface area contributed by atoms with Gasteiger partial charge in [0.05, 0.1) is 13.0 Å². The number of nitrogens with zero attached hydrogens (tertiary/aromatic N) is 3. The molecule has 0 spiro atoms. The topological polar surface area (TPSA) is 55.3 Å². The molecule has 0 saturated carbocycles. The monoisotopic (exact) mass is 251 g/mol. The van der Waals surface area contributed by atoms with Crippen LogP contribution in [0.5, 0.6) is 0 Å². The van der Waals surface area contributed by atoms with Crippen molar-refractivity contribution in [1.82, 2.24) is 9.97 Å². The lowest BCUT2D eigenvalue weighted by molar-refractivity contribution is -0.144. The highest BCUT2D eigenvalue weighted by Gasteiger charge is 2.16. The average molecular weight is 251 g/mol. The summed E-state index contributed by atoms with van der Waals surface area (Å²) in [5, 5.41) is 0. The first kappa shape index (κ1) is 14.4. The van der Waals surface area contributed by atoms with E-state index in [4.69, 9.17) is 4.74 Å². The summed E-state index contributed by atoms with van der Waals surface area (Å²) in [4.78, 5) is 21.7. The molecule has 0 bridgehead atoms. The van der Waals surface area contributed by atoms with Gasteiger partial charge in [-0.2, -0.15) is 0 Å². The lowest BCUT2D eigenvalue weighted by Gasteiger charge is -2.21. The maximum absolute atomic E-state index is 11.4. The summed E-state index contributed by atoms with van der Waals surface area (Å²) in [6, 6.07) is 1.97. The number of anilines is 1. The van der Waals surface area contributed by atoms with Crippen molar-refractivity contribution in [3.63, 3.8) is 0 Å². The minimum absolute atomic E-state index is 0.176. The van der Waals surface area contributed by atoms with Gasteiger partial charge >= 0.3 is 5.97 Å². The summed E-state index contributed by atoms with van der Waals surface area (Å²) in [5.74, 6) is 0.457. The van der Waals surface area contributed by atoms with Crippen molar-refractivity contribution in [2.45, 2.75) is 26.7 Å². The molecule has 0 fully saturated rings. The van der Waals surface area contributed by atoms with Crippen LogP contribution in [0, 0.1) is 5.92 Å². The van der Waals surface area contributed by atoms with E-state index < -0.39 is 0 Å². The molecule has 0 amide bonds. The van der Waals surface area contributed by atoms with Crippen LogP contribution in [-0.4, -0.2) is 36.6 Å². The van der Waals surface area contributed by atoms with Gasteiger partial charge in [0.15, 0.2) is 0 Å². The molecular weight excluding hydrogens is 230 g/mol. The van der Waals surface area contributed by atoms with E-state index >= 15 is 0 Å². The van der Waals surface area contributed by atoms with Crippen molar-refractivity contribution in [3.8, 4) is 0 Å². The zero-order valence-electron chi connectivity index (χ0n) is 11.5. The first-order chi connectivity index (χ1) is 8.58. The van der Waals surface area contributed by atoms with Crippen molar-refractivity contribution in [1.29, 1.82) is 0 Å². The van der Waals surface area contributed by atoms with Crippen LogP contribution in [0.4, 0.5) is 5.82 Å². The Labute approximate surface area is 108 Å². The fourth-order valence-electron chi connectivity index (χ4n) is 1.77. The summed E-state index contributed by atoms with van der Waals surface area (Å²) in [6.07, 6.45) is 3.56. The zero-order chi connectivity index (χ0) is 13.5. The molecule has 5 nitrogen and oxygen atoms in total. The van der Waals surface area contributed by atoms with Gasteiger partial charge in [0, 0.05) is 25.4 Å². The Morgan fingerprint density at radius 2 is 2.22 bits per heavy atom. The third kappa shape index (κ3) is 3.98. The molecule has 0 aliphatic rings. The Morgan fingerprint density at radius 1 is 1.50 bits per heavy atom. The van der Waals surface area contributed by atoms with Crippen LogP contribution in [-0.2, 0) is 16.0 Å². The third-order valence-electron chi connectivity index (χ3n) is 2.76. The second kappa shape index (κ2) is 6.93. The van der Waals surface area contributed by atoms with Crippen molar-refractivity contribution < 1.29 is 9.53 Å². The van der Waals surface area contributed by atoms with E-state index in [1.807, 2.05) is 24.9 Å². The fraction of sp³-hybridized carbons (Fsp3) is 0.615. The number of ether oxygens (including phenoxy) is 1. The number of aromatic nitrogens is 2. The molecule has 0 aromatic carbocycles. The normalized spacial score (nSPS) is 12.0. The van der Waals surface area contributed by atoms with Crippen LogP contribution in [0.3, 0.4) is 0 Å². The van der Waals surface area contributed by atoms with E-state index in [1.165, 1.54) is 7.11 Å². The number of esters is 1. The Morgan fingerprint density at radius 3 is 2.83 bits per heavy atom. The minimum Gasteiger partial charge on any atom is -0.469 e. The van der Waals surface area contributed by atoms with E-state index in [0.717, 1.165) is 24.4 Å². The number of methoxy groups -OCH3 is 1. The maximum Gasteiger partial charge on any atom is 0.310 e. The summed E-state index contributed by atoms with van der Waals surface area (Å²) in [5.41, 5.74) is 1.03. The van der Waals surface area contributed by atoms with Gasteiger partial charge in [0.25, 0.3) is 0 Å². The Kier molecular flexibility index (Phi) is 5.55. The molecule has 0 radical (unpaired) electrons. The second-order valence-electron chi connectivity index (χ2n) is 4.42. The highest BCUT2D eigenvalue weighted by Crippen LogP contribution is 2.12. The van der Waals surface area contributed by atoms with Crippen molar-refractivity contribution >= 4 is 11.8 Å². The van der Waals surface area contributed by atoms with Crippen molar-refractivity contribution in [3.05, 3.63) is 18.1 Å². The predicted molar refractivity (Wildman–Crippen MR) is 70.5 cm³/mol. The number of rotatable bonds is 6. The molecule has 1 aromatic heterocycles. The van der Waals surface area contributed by atoms with Gasteiger partial charge < -0.3 is 9.64 Å². The molecule has 0 N–H and O–H groups in total. The minimum atomic E-state index is -0.204. The molecule has 1 aromatic rings. The molecule has 1 unspecified atom stereocenters. The van der Waals surface area contributed by atoms with Gasteiger partial charge in [-0.15, -0.1) is 0 Å². The van der Waals surface area contributed by atoms with E-state index in [9.17, 15) is 4.79 Å². The number of hydrogen-bond donors (Lipinski definition) is 0. The van der Waals surface area contributed by atoms with Crippen LogP contribution < -0.4 is 4.90 Å². The van der Waals surface area contributed by atoms with Gasteiger partial charge in [-0.3, -0.25) is 4.79 Å². The lowest BCUT2D eigenvalue weighted by Crippen LogP contribution is -2.29. The molecular formula is C13H21N3O2. The Bertz CT molecular complexity index is 396. The highest BCUT2D eigenvalue weighted by molar-refractivity contribution is 5.72. The van der Waals surface area contributed by atoms with Gasteiger partial charge in [-0.05, 0) is 6.42 Å². The Hall–Kier alpha value is -1.65. The fourth-order valence-corrected chi connectivity index (χ4v) is 1.77. The molecule has 0 aliphatic carbocycles. The molecule has 5 heteroatoms. The summed E-state index contributed by atoms with van der Waals surface area (Å²) >= 11 is 0.